The first kappa shape index (κ1) is 8.92. The van der Waals surface area contributed by atoms with Crippen molar-refractivity contribution in [1.29, 1.82) is 0 Å². The molecular formula is C10H13BN. The molecule has 0 fully saturated rings. The summed E-state index contributed by atoms with van der Waals surface area (Å²) in [4.78, 5) is 0. The molecule has 0 aliphatic carbocycles. The van der Waals surface area contributed by atoms with Crippen LogP contribution in [0, 0.1) is 0 Å². The van der Waals surface area contributed by atoms with Gasteiger partial charge in [0.2, 0.25) is 0 Å². The summed E-state index contributed by atoms with van der Waals surface area (Å²) in [5.41, 5.74) is 9.00. The lowest BCUT2D eigenvalue weighted by Gasteiger charge is -2.04. The molecule has 0 unspecified atom stereocenters. The van der Waals surface area contributed by atoms with Gasteiger partial charge in [-0.05, 0) is 18.6 Å². The van der Waals surface area contributed by atoms with E-state index in [9.17, 15) is 0 Å². The predicted octanol–water partition coefficient (Wildman–Crippen LogP) is 1.91. The molecule has 0 spiro atoms. The standard InChI is InChI=1S/C10H13BN/c1-8-9(2)11-7-5-3-4-6-10(8)12/h3-7H,12H2,1-2H3/b4-3-,7-5-,9-8-,10-6+. The lowest BCUT2D eigenvalue weighted by molar-refractivity contribution is 1.26. The van der Waals surface area contributed by atoms with Gasteiger partial charge >= 0.3 is 0 Å². The Hall–Kier alpha value is -1.18. The van der Waals surface area contributed by atoms with Crippen LogP contribution in [0.15, 0.2) is 47.0 Å². The lowest BCUT2D eigenvalue weighted by Crippen LogP contribution is -2.02. The van der Waals surface area contributed by atoms with Crippen molar-refractivity contribution >= 4 is 7.28 Å². The largest absolute Gasteiger partial charge is 0.399 e. The number of rotatable bonds is 0. The van der Waals surface area contributed by atoms with Crippen LogP contribution in [0.5, 0.6) is 0 Å². The van der Waals surface area contributed by atoms with Gasteiger partial charge in [-0.1, -0.05) is 25.2 Å². The molecule has 1 nitrogen and oxygen atoms in total. The number of allylic oxidation sites excluding steroid dienone is 6. The molecule has 2 N–H and O–H groups in total. The zero-order valence-corrected chi connectivity index (χ0v) is 7.54. The van der Waals surface area contributed by atoms with Gasteiger partial charge < -0.3 is 5.73 Å². The third kappa shape index (κ3) is 2.16. The van der Waals surface area contributed by atoms with Crippen LogP contribution in [0.2, 0.25) is 0 Å². The van der Waals surface area contributed by atoms with E-state index in [2.05, 4.69) is 14.2 Å². The van der Waals surface area contributed by atoms with E-state index in [-0.39, 0.29) is 0 Å². The fraction of sp³-hybridized carbons (Fsp3) is 0.200. The van der Waals surface area contributed by atoms with E-state index < -0.39 is 0 Å². The van der Waals surface area contributed by atoms with E-state index in [0.717, 1.165) is 11.3 Å². The molecule has 0 aromatic rings. The molecule has 12 heavy (non-hydrogen) atoms. The molecule has 0 amide bonds. The first-order chi connectivity index (χ1) is 5.72. The van der Waals surface area contributed by atoms with Gasteiger partial charge in [0.25, 0.3) is 0 Å². The lowest BCUT2D eigenvalue weighted by atomic mass is 9.68. The summed E-state index contributed by atoms with van der Waals surface area (Å²) >= 11 is 0. The van der Waals surface area contributed by atoms with Crippen molar-refractivity contribution in [2.45, 2.75) is 13.8 Å². The van der Waals surface area contributed by atoms with E-state index in [1.165, 1.54) is 5.47 Å². The first-order valence-electron chi connectivity index (χ1n) is 4.03. The van der Waals surface area contributed by atoms with Crippen LogP contribution in [0.4, 0.5) is 0 Å². The van der Waals surface area contributed by atoms with Crippen LogP contribution in [0.1, 0.15) is 13.8 Å². The summed E-state index contributed by atoms with van der Waals surface area (Å²) in [5.74, 6) is 2.02. The Kier molecular flexibility index (Phi) is 2.97. The third-order valence-corrected chi connectivity index (χ3v) is 1.98. The van der Waals surface area contributed by atoms with Crippen molar-refractivity contribution in [3.8, 4) is 0 Å². The zero-order valence-electron chi connectivity index (χ0n) is 7.54. The molecule has 0 saturated heterocycles. The van der Waals surface area contributed by atoms with Crippen LogP contribution in [-0.2, 0) is 0 Å². The molecule has 0 aromatic carbocycles. The summed E-state index contributed by atoms with van der Waals surface area (Å²) < 4.78 is 0. The predicted molar refractivity (Wildman–Crippen MR) is 54.7 cm³/mol. The fourth-order valence-electron chi connectivity index (χ4n) is 0.965. The van der Waals surface area contributed by atoms with Gasteiger partial charge in [-0.25, -0.2) is 0 Å². The summed E-state index contributed by atoms with van der Waals surface area (Å²) in [7, 11) is 2.06. The SMILES string of the molecule is C/C1=C(C)/C(N)=C\C=C/C=C\[B]1. The van der Waals surface area contributed by atoms with E-state index in [4.69, 9.17) is 5.73 Å². The van der Waals surface area contributed by atoms with Gasteiger partial charge in [0.05, 0.1) is 0 Å². The van der Waals surface area contributed by atoms with Crippen LogP contribution in [-0.4, -0.2) is 7.28 Å². The second-order valence-electron chi connectivity index (χ2n) is 2.87. The van der Waals surface area contributed by atoms with Crippen LogP contribution < -0.4 is 5.73 Å². The topological polar surface area (TPSA) is 26.0 Å². The molecular weight excluding hydrogens is 145 g/mol. The van der Waals surface area contributed by atoms with Crippen molar-refractivity contribution in [2.24, 2.45) is 5.73 Å². The first-order valence-corrected chi connectivity index (χ1v) is 4.03. The van der Waals surface area contributed by atoms with Gasteiger partial charge in [-0.3, -0.25) is 0 Å². The Balaban J connectivity index is 3.01. The van der Waals surface area contributed by atoms with Crippen molar-refractivity contribution in [3.05, 3.63) is 47.0 Å². The number of hydrogen-bond donors (Lipinski definition) is 1. The Labute approximate surface area is 74.6 Å². The minimum Gasteiger partial charge on any atom is -0.399 e. The quantitative estimate of drug-likeness (QED) is 0.535. The Morgan fingerprint density at radius 2 is 1.92 bits per heavy atom. The summed E-state index contributed by atoms with van der Waals surface area (Å²) in [5, 5.41) is 0. The highest BCUT2D eigenvalue weighted by Gasteiger charge is 1.99. The van der Waals surface area contributed by atoms with Crippen molar-refractivity contribution in [2.75, 3.05) is 0 Å². The molecule has 0 aromatic heterocycles. The second kappa shape index (κ2) is 4.00. The third-order valence-electron chi connectivity index (χ3n) is 1.98. The van der Waals surface area contributed by atoms with Crippen LogP contribution in [0.3, 0.4) is 0 Å². The molecule has 61 valence electrons. The van der Waals surface area contributed by atoms with Gasteiger partial charge in [0.1, 0.15) is 0 Å². The molecule has 0 bridgehead atoms. The molecule has 1 heterocycles. The highest BCUT2D eigenvalue weighted by Crippen LogP contribution is 2.10. The average molecular weight is 158 g/mol. The fourth-order valence-corrected chi connectivity index (χ4v) is 0.965. The maximum atomic E-state index is 5.81. The summed E-state index contributed by atoms with van der Waals surface area (Å²) in [6.45, 7) is 4.09. The molecule has 1 radical (unpaired) electrons. The Morgan fingerprint density at radius 1 is 1.17 bits per heavy atom. The molecule has 0 saturated carbocycles. The molecule has 1 aliphatic rings. The van der Waals surface area contributed by atoms with Gasteiger partial charge in [0.15, 0.2) is 7.28 Å². The van der Waals surface area contributed by atoms with E-state index >= 15 is 0 Å². The van der Waals surface area contributed by atoms with Crippen molar-refractivity contribution < 1.29 is 0 Å². The molecule has 1 rings (SSSR count). The maximum absolute atomic E-state index is 5.81. The van der Waals surface area contributed by atoms with Gasteiger partial charge in [0, 0.05) is 5.70 Å². The molecule has 2 heteroatoms. The highest BCUT2D eigenvalue weighted by atomic mass is 14.6. The summed E-state index contributed by atoms with van der Waals surface area (Å²) in [6.07, 6.45) is 7.82. The Bertz CT molecular complexity index is 277. The minimum absolute atomic E-state index is 0.837. The second-order valence-corrected chi connectivity index (χ2v) is 2.87. The molecule has 0 atom stereocenters. The molecule has 1 aliphatic heterocycles. The summed E-state index contributed by atoms with van der Waals surface area (Å²) in [6, 6.07) is 0. The highest BCUT2D eigenvalue weighted by molar-refractivity contribution is 6.51. The zero-order chi connectivity index (χ0) is 8.97. The van der Waals surface area contributed by atoms with E-state index in [1.807, 2.05) is 37.2 Å². The average Bonchev–Trinajstić information content (AvgIpc) is 2.12. The van der Waals surface area contributed by atoms with Crippen LogP contribution >= 0.6 is 0 Å². The van der Waals surface area contributed by atoms with E-state index in [0.29, 0.717) is 0 Å². The van der Waals surface area contributed by atoms with Gasteiger partial charge in [-0.15, -0.1) is 11.4 Å². The van der Waals surface area contributed by atoms with Gasteiger partial charge in [-0.2, -0.15) is 0 Å². The smallest absolute Gasteiger partial charge is 0.175 e. The monoisotopic (exact) mass is 158 g/mol. The Morgan fingerprint density at radius 3 is 2.67 bits per heavy atom. The normalized spacial score (nSPS) is 33.3. The van der Waals surface area contributed by atoms with Crippen molar-refractivity contribution in [3.63, 3.8) is 0 Å². The van der Waals surface area contributed by atoms with Crippen molar-refractivity contribution in [1.82, 2.24) is 0 Å². The number of hydrogen-bond acceptors (Lipinski definition) is 1. The number of nitrogens with two attached hydrogens (primary N) is 1. The van der Waals surface area contributed by atoms with E-state index in [1.54, 1.807) is 0 Å². The minimum atomic E-state index is 0.837. The maximum Gasteiger partial charge on any atom is 0.175 e. The van der Waals surface area contributed by atoms with Crippen LogP contribution in [0.25, 0.3) is 0 Å².